The molecule has 1 N–H and O–H groups in total. The molecule has 6 heteroatoms. The number of anilines is 1. The molecule has 2 aromatic heterocycles. The largest absolute Gasteiger partial charge is 0.351 e. The molecule has 3 heterocycles. The Balaban J connectivity index is 1.62. The van der Waals surface area contributed by atoms with Crippen LogP contribution in [-0.2, 0) is 17.8 Å². The van der Waals surface area contributed by atoms with E-state index in [1.165, 1.54) is 11.3 Å². The van der Waals surface area contributed by atoms with Crippen molar-refractivity contribution >= 4 is 39.1 Å². The first-order chi connectivity index (χ1) is 15.8. The molecule has 174 valence electrons. The van der Waals surface area contributed by atoms with E-state index in [-0.39, 0.29) is 17.9 Å². The van der Waals surface area contributed by atoms with Crippen molar-refractivity contribution < 1.29 is 9.59 Å². The van der Waals surface area contributed by atoms with Gasteiger partial charge in [-0.15, -0.1) is 11.3 Å². The zero-order chi connectivity index (χ0) is 23.3. The number of amides is 2. The number of benzene rings is 1. The zero-order valence-electron chi connectivity index (χ0n) is 20.0. The van der Waals surface area contributed by atoms with Crippen LogP contribution in [0.2, 0.25) is 0 Å². The standard InChI is InChI=1S/C27H33N3O2S/c1-5-20-14-22-24(33-20)15-23-25(31)30(21-12-11-17(2)13-18(21)3)27(4,16-29(22)23)26(32)28-19-9-7-6-8-10-19/h11-15,19H,5-10,16H2,1-4H3,(H,28,32). The van der Waals surface area contributed by atoms with Crippen LogP contribution in [0.4, 0.5) is 5.69 Å². The quantitative estimate of drug-likeness (QED) is 0.536. The van der Waals surface area contributed by atoms with Gasteiger partial charge in [-0.1, -0.05) is 43.9 Å². The van der Waals surface area contributed by atoms with E-state index in [1.54, 1.807) is 16.2 Å². The smallest absolute Gasteiger partial charge is 0.275 e. The van der Waals surface area contributed by atoms with Crippen LogP contribution in [0, 0.1) is 13.8 Å². The lowest BCUT2D eigenvalue weighted by Crippen LogP contribution is -2.65. The number of carbonyl (C=O) groups excluding carboxylic acids is 2. The Labute approximate surface area is 199 Å². The lowest BCUT2D eigenvalue weighted by Gasteiger charge is -2.45. The topological polar surface area (TPSA) is 54.3 Å². The maximum Gasteiger partial charge on any atom is 0.275 e. The van der Waals surface area contributed by atoms with Crippen molar-refractivity contribution in [1.29, 1.82) is 0 Å². The number of nitrogens with zero attached hydrogens (tertiary/aromatic N) is 2. The van der Waals surface area contributed by atoms with Crippen LogP contribution >= 0.6 is 11.3 Å². The average Bonchev–Trinajstić information content (AvgIpc) is 3.34. The van der Waals surface area contributed by atoms with Crippen LogP contribution in [-0.4, -0.2) is 28.0 Å². The zero-order valence-corrected chi connectivity index (χ0v) is 20.8. The molecule has 1 atom stereocenters. The average molecular weight is 464 g/mol. The number of nitrogens with one attached hydrogen (secondary N) is 1. The molecule has 1 fully saturated rings. The molecule has 0 spiro atoms. The summed E-state index contributed by atoms with van der Waals surface area (Å²) in [5.74, 6) is -0.155. The van der Waals surface area contributed by atoms with E-state index in [9.17, 15) is 9.59 Å². The van der Waals surface area contributed by atoms with Crippen molar-refractivity contribution in [2.75, 3.05) is 4.90 Å². The molecule has 0 radical (unpaired) electrons. The number of thiophene rings is 1. The van der Waals surface area contributed by atoms with E-state index in [0.29, 0.717) is 12.2 Å². The Morgan fingerprint density at radius 2 is 1.91 bits per heavy atom. The van der Waals surface area contributed by atoms with Crippen LogP contribution in [0.1, 0.15) is 72.4 Å². The predicted octanol–water partition coefficient (Wildman–Crippen LogP) is 5.75. The van der Waals surface area contributed by atoms with E-state index in [0.717, 1.165) is 59.1 Å². The maximum absolute atomic E-state index is 14.0. The van der Waals surface area contributed by atoms with Crippen molar-refractivity contribution in [1.82, 2.24) is 9.88 Å². The lowest BCUT2D eigenvalue weighted by molar-refractivity contribution is -0.127. The Hall–Kier alpha value is -2.60. The Kier molecular flexibility index (Phi) is 5.60. The number of hydrogen-bond donors (Lipinski definition) is 1. The highest BCUT2D eigenvalue weighted by atomic mass is 32.1. The van der Waals surface area contributed by atoms with Gasteiger partial charge in [-0.3, -0.25) is 14.5 Å². The third kappa shape index (κ3) is 3.68. The van der Waals surface area contributed by atoms with E-state index in [4.69, 9.17) is 0 Å². The number of hydrogen-bond acceptors (Lipinski definition) is 3. The predicted molar refractivity (Wildman–Crippen MR) is 135 cm³/mol. The van der Waals surface area contributed by atoms with Crippen LogP contribution in [0.25, 0.3) is 10.2 Å². The van der Waals surface area contributed by atoms with E-state index >= 15 is 0 Å². The molecule has 1 aliphatic heterocycles. The Bertz CT molecular complexity index is 1230. The normalized spacial score (nSPS) is 21.5. The molecule has 0 saturated heterocycles. The highest BCUT2D eigenvalue weighted by Gasteiger charge is 2.49. The molecule has 1 saturated carbocycles. The lowest BCUT2D eigenvalue weighted by atomic mass is 9.90. The molecule has 5 rings (SSSR count). The number of aromatic nitrogens is 1. The van der Waals surface area contributed by atoms with Crippen molar-refractivity contribution in [2.45, 2.75) is 84.3 Å². The molecular weight excluding hydrogens is 430 g/mol. The van der Waals surface area contributed by atoms with Crippen LogP contribution in [0.5, 0.6) is 0 Å². The first kappa shape index (κ1) is 22.2. The van der Waals surface area contributed by atoms with Gasteiger partial charge in [-0.25, -0.2) is 0 Å². The van der Waals surface area contributed by atoms with Crippen LogP contribution < -0.4 is 10.2 Å². The van der Waals surface area contributed by atoms with Crippen molar-refractivity contribution in [3.63, 3.8) is 0 Å². The highest BCUT2D eigenvalue weighted by molar-refractivity contribution is 7.19. The summed E-state index contributed by atoms with van der Waals surface area (Å²) in [7, 11) is 0. The highest BCUT2D eigenvalue weighted by Crippen LogP contribution is 2.39. The molecule has 5 nitrogen and oxygen atoms in total. The summed E-state index contributed by atoms with van der Waals surface area (Å²) in [4.78, 5) is 31.0. The third-order valence-corrected chi connectivity index (χ3v) is 8.61. The summed E-state index contributed by atoms with van der Waals surface area (Å²) in [6.07, 6.45) is 6.54. The van der Waals surface area contributed by atoms with Crippen LogP contribution in [0.15, 0.2) is 30.3 Å². The van der Waals surface area contributed by atoms with Gasteiger partial charge in [-0.05, 0) is 63.8 Å². The molecule has 0 bridgehead atoms. The van der Waals surface area contributed by atoms with E-state index in [1.807, 2.05) is 39.0 Å². The summed E-state index contributed by atoms with van der Waals surface area (Å²) >= 11 is 1.74. The Morgan fingerprint density at radius 1 is 1.15 bits per heavy atom. The van der Waals surface area contributed by atoms with E-state index in [2.05, 4.69) is 28.9 Å². The second-order valence-electron chi connectivity index (χ2n) is 9.94. The minimum atomic E-state index is -1.01. The molecule has 1 aromatic carbocycles. The monoisotopic (exact) mass is 463 g/mol. The van der Waals surface area contributed by atoms with Gasteiger partial charge in [0.1, 0.15) is 11.2 Å². The minimum Gasteiger partial charge on any atom is -0.351 e. The van der Waals surface area contributed by atoms with E-state index < -0.39 is 5.54 Å². The number of rotatable bonds is 4. The first-order valence-electron chi connectivity index (χ1n) is 12.2. The number of aryl methyl sites for hydroxylation is 3. The third-order valence-electron chi connectivity index (χ3n) is 7.39. The fourth-order valence-electron chi connectivity index (χ4n) is 5.52. The molecule has 3 aromatic rings. The number of fused-ring (bicyclic) bond motifs is 3. The molecule has 1 unspecified atom stereocenters. The summed E-state index contributed by atoms with van der Waals surface area (Å²) in [6.45, 7) is 8.60. The molecule has 2 amide bonds. The van der Waals surface area contributed by atoms with Gasteiger partial charge in [-0.2, -0.15) is 0 Å². The summed E-state index contributed by atoms with van der Waals surface area (Å²) in [5.41, 5.74) is 3.69. The SMILES string of the molecule is CCc1cc2c(cc3n2CC(C)(C(=O)NC2CCCCC2)N(c2ccc(C)cc2C)C3=O)s1. The molecule has 33 heavy (non-hydrogen) atoms. The van der Waals surface area contributed by atoms with Gasteiger partial charge < -0.3 is 9.88 Å². The van der Waals surface area contributed by atoms with Gasteiger partial charge in [0.2, 0.25) is 5.91 Å². The van der Waals surface area contributed by atoms with Gasteiger partial charge in [0.05, 0.1) is 16.8 Å². The summed E-state index contributed by atoms with van der Waals surface area (Å²) in [5, 5.41) is 3.32. The van der Waals surface area contributed by atoms with Crippen molar-refractivity contribution in [3.05, 3.63) is 52.0 Å². The fourth-order valence-corrected chi connectivity index (χ4v) is 6.57. The Morgan fingerprint density at radius 3 is 2.61 bits per heavy atom. The van der Waals surface area contributed by atoms with Gasteiger partial charge in [0.15, 0.2) is 0 Å². The van der Waals surface area contributed by atoms with Gasteiger partial charge in [0.25, 0.3) is 5.91 Å². The van der Waals surface area contributed by atoms with Crippen molar-refractivity contribution in [3.8, 4) is 0 Å². The maximum atomic E-state index is 14.0. The summed E-state index contributed by atoms with van der Waals surface area (Å²) < 4.78 is 3.20. The molecule has 1 aliphatic carbocycles. The number of carbonyl (C=O) groups is 2. The summed E-state index contributed by atoms with van der Waals surface area (Å²) in [6, 6.07) is 10.5. The second kappa shape index (κ2) is 8.32. The van der Waals surface area contributed by atoms with Gasteiger partial charge in [0, 0.05) is 16.6 Å². The first-order valence-corrected chi connectivity index (χ1v) is 13.0. The molecule has 2 aliphatic rings. The fraction of sp³-hybridized carbons (Fsp3) is 0.481. The second-order valence-corrected chi connectivity index (χ2v) is 11.1. The van der Waals surface area contributed by atoms with Crippen molar-refractivity contribution in [2.24, 2.45) is 0 Å². The van der Waals surface area contributed by atoms with Gasteiger partial charge >= 0.3 is 0 Å². The minimum absolute atomic E-state index is 0.0545. The molecular formula is C27H33N3O2S. The van der Waals surface area contributed by atoms with Crippen LogP contribution in [0.3, 0.4) is 0 Å².